The molecule has 0 amide bonds. The van der Waals surface area contributed by atoms with Crippen LogP contribution in [0, 0.1) is 10.1 Å². The van der Waals surface area contributed by atoms with Crippen LogP contribution in [0.2, 0.25) is 5.02 Å². The Bertz CT molecular complexity index is 980. The molecule has 0 saturated heterocycles. The summed E-state index contributed by atoms with van der Waals surface area (Å²) in [6.45, 7) is 1.47. The summed E-state index contributed by atoms with van der Waals surface area (Å²) in [5.74, 6) is 0. The van der Waals surface area contributed by atoms with E-state index in [9.17, 15) is 31.7 Å². The first kappa shape index (κ1) is 21.1. The molecule has 0 saturated carbocycles. The Morgan fingerprint density at radius 2 is 1.81 bits per heavy atom. The molecule has 0 aliphatic carbocycles. The Labute approximate surface area is 158 Å². The molecule has 0 N–H and O–H groups in total. The lowest BCUT2D eigenvalue weighted by Crippen LogP contribution is -2.30. The molecule has 0 radical (unpaired) electrons. The standard InChI is InChI=1S/C16H14ClF3N2O4S/c1-10(11-4-3-5-12(8-11)22(23)24)21(2)27(25,26)13-6-7-15(17)14(9-13)16(18,19)20/h3-10H,1-2H3. The van der Waals surface area contributed by atoms with Gasteiger partial charge >= 0.3 is 6.18 Å². The zero-order valence-corrected chi connectivity index (χ0v) is 15.6. The van der Waals surface area contributed by atoms with Crippen LogP contribution in [-0.2, 0) is 16.2 Å². The quantitative estimate of drug-likeness (QED) is 0.519. The van der Waals surface area contributed by atoms with Crippen LogP contribution >= 0.6 is 11.6 Å². The maximum Gasteiger partial charge on any atom is 0.417 e. The topological polar surface area (TPSA) is 80.5 Å². The van der Waals surface area contributed by atoms with Crippen molar-refractivity contribution in [1.82, 2.24) is 4.31 Å². The zero-order chi connectivity index (χ0) is 20.6. The second kappa shape index (κ2) is 7.45. The number of rotatable bonds is 5. The molecule has 2 aromatic carbocycles. The number of nitro groups is 1. The van der Waals surface area contributed by atoms with Crippen molar-refractivity contribution >= 4 is 27.3 Å². The number of non-ortho nitro benzene ring substituents is 1. The minimum absolute atomic E-state index is 0.226. The first-order chi connectivity index (χ1) is 12.4. The normalized spacial score (nSPS) is 13.6. The van der Waals surface area contributed by atoms with Crippen LogP contribution in [0.1, 0.15) is 24.1 Å². The third-order valence-electron chi connectivity index (χ3n) is 4.03. The third kappa shape index (κ3) is 4.40. The van der Waals surface area contributed by atoms with E-state index in [0.717, 1.165) is 16.4 Å². The number of sulfonamides is 1. The summed E-state index contributed by atoms with van der Waals surface area (Å²) in [6.07, 6.45) is -4.81. The number of hydrogen-bond donors (Lipinski definition) is 0. The Kier molecular flexibility index (Phi) is 5.83. The molecule has 0 aliphatic heterocycles. The maximum absolute atomic E-state index is 13.0. The second-order valence-electron chi connectivity index (χ2n) is 5.69. The fourth-order valence-electron chi connectivity index (χ4n) is 2.36. The van der Waals surface area contributed by atoms with Gasteiger partial charge in [0, 0.05) is 25.2 Å². The van der Waals surface area contributed by atoms with Gasteiger partial charge in [-0.3, -0.25) is 10.1 Å². The van der Waals surface area contributed by atoms with Gasteiger partial charge in [-0.1, -0.05) is 23.7 Å². The highest BCUT2D eigenvalue weighted by molar-refractivity contribution is 7.89. The summed E-state index contributed by atoms with van der Waals surface area (Å²) in [6, 6.07) is 6.79. The highest BCUT2D eigenvalue weighted by atomic mass is 35.5. The first-order valence-electron chi connectivity index (χ1n) is 7.45. The molecule has 0 spiro atoms. The average molecular weight is 423 g/mol. The van der Waals surface area contributed by atoms with Crippen LogP contribution in [0.5, 0.6) is 0 Å². The lowest BCUT2D eigenvalue weighted by Gasteiger charge is -2.25. The van der Waals surface area contributed by atoms with Crippen molar-refractivity contribution in [1.29, 1.82) is 0 Å². The van der Waals surface area contributed by atoms with Gasteiger partial charge in [-0.15, -0.1) is 0 Å². The van der Waals surface area contributed by atoms with E-state index < -0.39 is 42.6 Å². The number of nitro benzene ring substituents is 1. The van der Waals surface area contributed by atoms with Crippen molar-refractivity contribution in [2.45, 2.75) is 24.0 Å². The van der Waals surface area contributed by atoms with Gasteiger partial charge in [-0.25, -0.2) is 8.42 Å². The number of halogens is 4. The largest absolute Gasteiger partial charge is 0.417 e. The van der Waals surface area contributed by atoms with Crippen molar-refractivity contribution in [3.8, 4) is 0 Å². The summed E-state index contributed by atoms with van der Waals surface area (Å²) in [5, 5.41) is 10.3. The molecule has 0 aliphatic rings. The third-order valence-corrected chi connectivity index (χ3v) is 6.28. The van der Waals surface area contributed by atoms with Gasteiger partial charge in [0.15, 0.2) is 0 Å². The van der Waals surface area contributed by atoms with E-state index in [2.05, 4.69) is 0 Å². The highest BCUT2D eigenvalue weighted by Gasteiger charge is 2.36. The van der Waals surface area contributed by atoms with Gasteiger partial charge in [0.2, 0.25) is 10.0 Å². The van der Waals surface area contributed by atoms with E-state index in [-0.39, 0.29) is 5.69 Å². The second-order valence-corrected chi connectivity index (χ2v) is 8.09. The minimum Gasteiger partial charge on any atom is -0.258 e. The van der Waals surface area contributed by atoms with Crippen molar-refractivity contribution in [3.63, 3.8) is 0 Å². The highest BCUT2D eigenvalue weighted by Crippen LogP contribution is 2.37. The van der Waals surface area contributed by atoms with Gasteiger partial charge in [0.25, 0.3) is 5.69 Å². The molecule has 0 fully saturated rings. The predicted molar refractivity (Wildman–Crippen MR) is 92.9 cm³/mol. The summed E-state index contributed by atoms with van der Waals surface area (Å²) >= 11 is 5.52. The molecule has 27 heavy (non-hydrogen) atoms. The van der Waals surface area contributed by atoms with Gasteiger partial charge in [-0.2, -0.15) is 17.5 Å². The van der Waals surface area contributed by atoms with Gasteiger partial charge in [0.05, 0.1) is 20.4 Å². The van der Waals surface area contributed by atoms with Gasteiger partial charge < -0.3 is 0 Å². The molecular weight excluding hydrogens is 409 g/mol. The van der Waals surface area contributed by atoms with E-state index in [1.807, 2.05) is 0 Å². The van der Waals surface area contributed by atoms with Gasteiger partial charge in [0.1, 0.15) is 0 Å². The number of nitrogens with zero attached hydrogens (tertiary/aromatic N) is 2. The van der Waals surface area contributed by atoms with E-state index in [4.69, 9.17) is 11.6 Å². The Morgan fingerprint density at radius 1 is 1.19 bits per heavy atom. The number of benzene rings is 2. The Balaban J connectivity index is 2.44. The molecule has 0 heterocycles. The molecular formula is C16H14ClF3N2O4S. The van der Waals surface area contributed by atoms with Crippen molar-refractivity contribution in [2.75, 3.05) is 7.05 Å². The van der Waals surface area contributed by atoms with Crippen LogP contribution in [-0.4, -0.2) is 24.7 Å². The lowest BCUT2D eigenvalue weighted by atomic mass is 10.1. The van der Waals surface area contributed by atoms with Crippen molar-refractivity contribution in [3.05, 3.63) is 68.7 Å². The Hall–Kier alpha value is -2.17. The molecule has 2 rings (SSSR count). The van der Waals surface area contributed by atoms with Crippen LogP contribution in [0.4, 0.5) is 18.9 Å². The number of alkyl halides is 3. The fraction of sp³-hybridized carbons (Fsp3) is 0.250. The average Bonchev–Trinajstić information content (AvgIpc) is 2.59. The smallest absolute Gasteiger partial charge is 0.258 e. The summed E-state index contributed by atoms with van der Waals surface area (Å²) in [4.78, 5) is 9.67. The first-order valence-corrected chi connectivity index (χ1v) is 9.26. The van der Waals surface area contributed by atoms with Crippen LogP contribution < -0.4 is 0 Å². The minimum atomic E-state index is -4.81. The Morgan fingerprint density at radius 3 is 2.37 bits per heavy atom. The van der Waals surface area contributed by atoms with E-state index in [0.29, 0.717) is 11.6 Å². The van der Waals surface area contributed by atoms with E-state index >= 15 is 0 Å². The van der Waals surface area contributed by atoms with Crippen LogP contribution in [0.15, 0.2) is 47.4 Å². The number of hydrogen-bond acceptors (Lipinski definition) is 4. The molecule has 2 aromatic rings. The SMILES string of the molecule is CC(c1cccc([N+](=O)[O-])c1)N(C)S(=O)(=O)c1ccc(Cl)c(C(F)(F)F)c1. The van der Waals surface area contributed by atoms with E-state index in [1.165, 1.54) is 38.2 Å². The molecule has 0 aromatic heterocycles. The summed E-state index contributed by atoms with van der Waals surface area (Å²) in [7, 11) is -3.13. The van der Waals surface area contributed by atoms with Crippen LogP contribution in [0.25, 0.3) is 0 Å². The molecule has 11 heteroatoms. The predicted octanol–water partition coefficient (Wildman–Crippen LogP) is 4.65. The molecule has 0 bridgehead atoms. The fourth-order valence-corrected chi connectivity index (χ4v) is 3.97. The van der Waals surface area contributed by atoms with E-state index in [1.54, 1.807) is 0 Å². The molecule has 146 valence electrons. The molecule has 1 unspecified atom stereocenters. The van der Waals surface area contributed by atoms with Crippen molar-refractivity contribution in [2.24, 2.45) is 0 Å². The molecule has 6 nitrogen and oxygen atoms in total. The van der Waals surface area contributed by atoms with Crippen LogP contribution in [0.3, 0.4) is 0 Å². The van der Waals surface area contributed by atoms with Crippen molar-refractivity contribution < 1.29 is 26.5 Å². The summed E-state index contributed by atoms with van der Waals surface area (Å²) in [5.41, 5.74) is -1.17. The maximum atomic E-state index is 13.0. The molecule has 1 atom stereocenters. The summed E-state index contributed by atoms with van der Waals surface area (Å²) < 4.78 is 65.3. The van der Waals surface area contributed by atoms with Gasteiger partial charge in [-0.05, 0) is 30.7 Å². The monoisotopic (exact) mass is 422 g/mol. The zero-order valence-electron chi connectivity index (χ0n) is 14.1. The lowest BCUT2D eigenvalue weighted by molar-refractivity contribution is -0.384.